The Kier molecular flexibility index (Phi) is 6.70. The third-order valence-electron chi connectivity index (χ3n) is 4.39. The Morgan fingerprint density at radius 1 is 1.12 bits per heavy atom. The molecule has 0 saturated heterocycles. The largest absolute Gasteiger partial charge is 0.369 e. The van der Waals surface area contributed by atoms with Crippen LogP contribution < -0.4 is 5.73 Å². The van der Waals surface area contributed by atoms with E-state index in [9.17, 15) is 4.79 Å². The highest BCUT2D eigenvalue weighted by atomic mass is 16.1. The van der Waals surface area contributed by atoms with Crippen molar-refractivity contribution in [2.75, 3.05) is 0 Å². The number of rotatable bonds is 8. The van der Waals surface area contributed by atoms with Gasteiger partial charge >= 0.3 is 0 Å². The molecule has 2 N–H and O–H groups in total. The van der Waals surface area contributed by atoms with Gasteiger partial charge in [-0.1, -0.05) is 60.3 Å². The van der Waals surface area contributed by atoms with Crippen LogP contribution in [-0.4, -0.2) is 5.91 Å². The predicted molar refractivity (Wildman–Crippen MR) is 70.1 cm³/mol. The van der Waals surface area contributed by atoms with Crippen LogP contribution in [0.25, 0.3) is 0 Å². The zero-order valence-electron chi connectivity index (χ0n) is 11.7. The molecule has 1 amide bonds. The highest BCUT2D eigenvalue weighted by molar-refractivity contribution is 5.81. The summed E-state index contributed by atoms with van der Waals surface area (Å²) < 4.78 is 0. The molecule has 0 aromatic heterocycles. The van der Waals surface area contributed by atoms with Gasteiger partial charge in [0.2, 0.25) is 5.91 Å². The molecule has 16 heavy (non-hydrogen) atoms. The van der Waals surface area contributed by atoms with Gasteiger partial charge < -0.3 is 5.73 Å². The predicted octanol–water partition coefficient (Wildman–Crippen LogP) is 3.74. The summed E-state index contributed by atoms with van der Waals surface area (Å²) in [7, 11) is 0. The van der Waals surface area contributed by atoms with E-state index >= 15 is 0 Å². The highest BCUT2D eigenvalue weighted by Crippen LogP contribution is 2.43. The number of carbonyl (C=O) groups excluding carboxylic acids is 1. The molecule has 96 valence electrons. The van der Waals surface area contributed by atoms with E-state index < -0.39 is 0 Å². The Morgan fingerprint density at radius 3 is 1.81 bits per heavy atom. The molecular formula is C14H29NO. The molecule has 0 bridgehead atoms. The second-order valence-corrected chi connectivity index (χ2v) is 5.13. The molecule has 0 rings (SSSR count). The minimum Gasteiger partial charge on any atom is -0.369 e. The summed E-state index contributed by atoms with van der Waals surface area (Å²) in [5.74, 6) is 0.669. The van der Waals surface area contributed by atoms with Gasteiger partial charge in [-0.25, -0.2) is 0 Å². The van der Waals surface area contributed by atoms with Gasteiger partial charge in [0.05, 0.1) is 5.41 Å². The van der Waals surface area contributed by atoms with Crippen LogP contribution in [0, 0.1) is 17.3 Å². The van der Waals surface area contributed by atoms with Crippen molar-refractivity contribution in [3.05, 3.63) is 0 Å². The average molecular weight is 227 g/mol. The maximum absolute atomic E-state index is 12.0. The normalized spacial score (nSPS) is 18.8. The first kappa shape index (κ1) is 15.5. The summed E-state index contributed by atoms with van der Waals surface area (Å²) in [6.07, 6.45) is 5.22. The quantitative estimate of drug-likeness (QED) is 0.674. The molecule has 0 aromatic carbocycles. The first-order chi connectivity index (χ1) is 7.47. The van der Waals surface area contributed by atoms with Crippen molar-refractivity contribution in [1.29, 1.82) is 0 Å². The van der Waals surface area contributed by atoms with Gasteiger partial charge in [0.25, 0.3) is 0 Å². The summed E-state index contributed by atoms with van der Waals surface area (Å²) in [6.45, 7) is 10.8. The number of hydrogen-bond donors (Lipinski definition) is 1. The molecule has 0 heterocycles. The Hall–Kier alpha value is -0.530. The second kappa shape index (κ2) is 6.93. The molecule has 2 unspecified atom stereocenters. The lowest BCUT2D eigenvalue weighted by Gasteiger charge is -2.41. The van der Waals surface area contributed by atoms with Gasteiger partial charge in [-0.15, -0.1) is 0 Å². The Labute approximate surface area is 101 Å². The SMILES string of the molecule is CCCCC(C(N)=O)(C(C)CC)C(C)CC. The summed E-state index contributed by atoms with van der Waals surface area (Å²) in [5.41, 5.74) is 5.43. The van der Waals surface area contributed by atoms with E-state index in [0.29, 0.717) is 11.8 Å². The molecule has 0 aliphatic rings. The first-order valence-electron chi connectivity index (χ1n) is 6.77. The summed E-state index contributed by atoms with van der Waals surface area (Å²) in [6, 6.07) is 0. The first-order valence-corrected chi connectivity index (χ1v) is 6.77. The zero-order valence-corrected chi connectivity index (χ0v) is 11.7. The van der Waals surface area contributed by atoms with Gasteiger partial charge in [0, 0.05) is 0 Å². The molecule has 2 nitrogen and oxygen atoms in total. The van der Waals surface area contributed by atoms with Crippen LogP contribution in [-0.2, 0) is 4.79 Å². The standard InChI is InChI=1S/C14H29NO/c1-6-9-10-14(13(15)16,11(4)7-2)12(5)8-3/h11-12H,6-10H2,1-5H3,(H2,15,16). The molecule has 2 atom stereocenters. The number of amides is 1. The van der Waals surface area contributed by atoms with Crippen molar-refractivity contribution in [3.63, 3.8) is 0 Å². The maximum atomic E-state index is 12.0. The minimum absolute atomic E-state index is 0.0929. The zero-order chi connectivity index (χ0) is 12.8. The monoisotopic (exact) mass is 227 g/mol. The van der Waals surface area contributed by atoms with Crippen LogP contribution in [0.1, 0.15) is 66.7 Å². The summed E-state index contributed by atoms with van der Waals surface area (Å²) in [5, 5.41) is 0. The molecule has 0 spiro atoms. The lowest BCUT2D eigenvalue weighted by Crippen LogP contribution is -2.47. The van der Waals surface area contributed by atoms with Crippen molar-refractivity contribution >= 4 is 5.91 Å². The molecule has 0 aromatic rings. The molecule has 0 radical (unpaired) electrons. The van der Waals surface area contributed by atoms with E-state index in [4.69, 9.17) is 5.73 Å². The molecule has 0 aliphatic heterocycles. The van der Waals surface area contributed by atoms with Crippen LogP contribution in [0.4, 0.5) is 0 Å². The highest BCUT2D eigenvalue weighted by Gasteiger charge is 2.44. The van der Waals surface area contributed by atoms with E-state index in [2.05, 4.69) is 34.6 Å². The van der Waals surface area contributed by atoms with Gasteiger partial charge in [-0.05, 0) is 18.3 Å². The van der Waals surface area contributed by atoms with Crippen molar-refractivity contribution in [3.8, 4) is 0 Å². The molecule has 2 heteroatoms. The van der Waals surface area contributed by atoms with Crippen molar-refractivity contribution in [1.82, 2.24) is 0 Å². The third-order valence-corrected chi connectivity index (χ3v) is 4.39. The lowest BCUT2D eigenvalue weighted by atomic mass is 9.62. The van der Waals surface area contributed by atoms with Crippen LogP contribution in [0.5, 0.6) is 0 Å². The average Bonchev–Trinajstić information content (AvgIpc) is 2.28. The summed E-state index contributed by atoms with van der Waals surface area (Å²) in [4.78, 5) is 12.0. The van der Waals surface area contributed by atoms with E-state index in [0.717, 1.165) is 32.1 Å². The molecule has 0 saturated carbocycles. The van der Waals surface area contributed by atoms with E-state index in [1.165, 1.54) is 0 Å². The fraction of sp³-hybridized carbons (Fsp3) is 0.929. The number of nitrogens with two attached hydrogens (primary N) is 1. The number of carbonyl (C=O) groups is 1. The van der Waals surface area contributed by atoms with Gasteiger partial charge in [-0.2, -0.15) is 0 Å². The smallest absolute Gasteiger partial charge is 0.224 e. The Bertz CT molecular complexity index is 203. The lowest BCUT2D eigenvalue weighted by molar-refractivity contribution is -0.135. The van der Waals surface area contributed by atoms with Crippen molar-refractivity contribution in [2.24, 2.45) is 23.0 Å². The molecular weight excluding hydrogens is 198 g/mol. The van der Waals surface area contributed by atoms with Crippen LogP contribution in [0.2, 0.25) is 0 Å². The molecule has 0 fully saturated rings. The van der Waals surface area contributed by atoms with Crippen LogP contribution >= 0.6 is 0 Å². The van der Waals surface area contributed by atoms with Gasteiger partial charge in [0.15, 0.2) is 0 Å². The van der Waals surface area contributed by atoms with Crippen LogP contribution in [0.3, 0.4) is 0 Å². The maximum Gasteiger partial charge on any atom is 0.224 e. The Balaban J connectivity index is 5.12. The van der Waals surface area contributed by atoms with Gasteiger partial charge in [-0.3, -0.25) is 4.79 Å². The van der Waals surface area contributed by atoms with E-state index in [1.54, 1.807) is 0 Å². The number of unbranched alkanes of at least 4 members (excludes halogenated alkanes) is 1. The van der Waals surface area contributed by atoms with Gasteiger partial charge in [0.1, 0.15) is 0 Å². The fourth-order valence-electron chi connectivity index (χ4n) is 2.79. The Morgan fingerprint density at radius 2 is 1.56 bits per heavy atom. The minimum atomic E-state index is -0.292. The van der Waals surface area contributed by atoms with Crippen molar-refractivity contribution in [2.45, 2.75) is 66.7 Å². The van der Waals surface area contributed by atoms with Crippen LogP contribution in [0.15, 0.2) is 0 Å². The third kappa shape index (κ3) is 2.99. The summed E-state index contributed by atoms with van der Waals surface area (Å²) >= 11 is 0. The number of primary amides is 1. The van der Waals surface area contributed by atoms with E-state index in [-0.39, 0.29) is 11.3 Å². The topological polar surface area (TPSA) is 43.1 Å². The number of hydrogen-bond acceptors (Lipinski definition) is 1. The fourth-order valence-corrected chi connectivity index (χ4v) is 2.79. The van der Waals surface area contributed by atoms with Crippen molar-refractivity contribution < 1.29 is 4.79 Å². The van der Waals surface area contributed by atoms with E-state index in [1.807, 2.05) is 0 Å². The second-order valence-electron chi connectivity index (χ2n) is 5.13. The molecule has 0 aliphatic carbocycles.